The Kier molecular flexibility index (Phi) is 5.81. The third kappa shape index (κ3) is 3.77. The maximum atomic E-state index is 13.7. The number of nitrogens with zero attached hydrogens (tertiary/aromatic N) is 1. The molecule has 0 N–H and O–H groups in total. The maximum absolute atomic E-state index is 13.7. The number of methoxy groups -OCH3 is 3. The fraction of sp³-hybridized carbons (Fsp3) is 0.200. The Morgan fingerprint density at radius 3 is 2.16 bits per heavy atom. The van der Waals surface area contributed by atoms with Gasteiger partial charge in [0.15, 0.2) is 11.5 Å². The molecule has 0 spiro atoms. The van der Waals surface area contributed by atoms with E-state index in [1.807, 2.05) is 6.07 Å². The SMILES string of the molecule is COC(=O)c1ccc(N2C(=O)Cc3cc(OC)c(OC)cc3C2c2ccc(F)cc2)cc1. The zero-order chi connectivity index (χ0) is 22.8. The lowest BCUT2D eigenvalue weighted by Gasteiger charge is -2.38. The Morgan fingerprint density at radius 1 is 0.938 bits per heavy atom. The highest BCUT2D eigenvalue weighted by molar-refractivity contribution is 5.99. The molecule has 6 nitrogen and oxygen atoms in total. The minimum Gasteiger partial charge on any atom is -0.493 e. The van der Waals surface area contributed by atoms with Gasteiger partial charge in [0.2, 0.25) is 5.91 Å². The summed E-state index contributed by atoms with van der Waals surface area (Å²) in [7, 11) is 4.41. The molecule has 0 saturated carbocycles. The molecule has 0 aromatic heterocycles. The minimum atomic E-state index is -0.518. The van der Waals surface area contributed by atoms with Crippen LogP contribution in [0.5, 0.6) is 11.5 Å². The van der Waals surface area contributed by atoms with Crippen LogP contribution in [0.15, 0.2) is 60.7 Å². The summed E-state index contributed by atoms with van der Waals surface area (Å²) in [5, 5.41) is 0. The standard InChI is InChI=1S/C25H22FNO5/c1-30-21-12-17-13-23(28)27(19-10-6-16(7-11-19)25(29)32-3)24(20(17)14-22(21)31-2)15-4-8-18(26)9-5-15/h4-12,14,24H,13H2,1-3H3. The van der Waals surface area contributed by atoms with Crippen molar-refractivity contribution in [2.75, 3.05) is 26.2 Å². The van der Waals surface area contributed by atoms with Crippen molar-refractivity contribution in [2.24, 2.45) is 0 Å². The van der Waals surface area contributed by atoms with E-state index in [1.165, 1.54) is 19.2 Å². The molecule has 1 aliphatic rings. The van der Waals surface area contributed by atoms with E-state index in [0.717, 1.165) is 16.7 Å². The van der Waals surface area contributed by atoms with E-state index in [0.29, 0.717) is 22.7 Å². The maximum Gasteiger partial charge on any atom is 0.337 e. The molecule has 1 unspecified atom stereocenters. The second-order valence-electron chi connectivity index (χ2n) is 7.34. The molecule has 1 amide bonds. The molecular formula is C25H22FNO5. The number of esters is 1. The van der Waals surface area contributed by atoms with Gasteiger partial charge in [-0.3, -0.25) is 4.79 Å². The fourth-order valence-corrected chi connectivity index (χ4v) is 4.02. The highest BCUT2D eigenvalue weighted by Crippen LogP contribution is 2.43. The van der Waals surface area contributed by atoms with Crippen molar-refractivity contribution in [2.45, 2.75) is 12.5 Å². The number of fused-ring (bicyclic) bond motifs is 1. The van der Waals surface area contributed by atoms with Crippen LogP contribution < -0.4 is 14.4 Å². The Balaban J connectivity index is 1.88. The number of rotatable bonds is 5. The third-order valence-electron chi connectivity index (χ3n) is 5.56. The summed E-state index contributed by atoms with van der Waals surface area (Å²) in [6, 6.07) is 15.8. The number of anilines is 1. The summed E-state index contributed by atoms with van der Waals surface area (Å²) >= 11 is 0. The van der Waals surface area contributed by atoms with Gasteiger partial charge in [0, 0.05) is 5.69 Å². The zero-order valence-electron chi connectivity index (χ0n) is 17.9. The Labute approximate surface area is 185 Å². The molecule has 7 heteroatoms. The summed E-state index contributed by atoms with van der Waals surface area (Å²) in [6.45, 7) is 0. The van der Waals surface area contributed by atoms with E-state index >= 15 is 0 Å². The number of halogens is 1. The normalized spacial score (nSPS) is 15.2. The van der Waals surface area contributed by atoms with E-state index in [2.05, 4.69) is 0 Å². The van der Waals surface area contributed by atoms with Gasteiger partial charge >= 0.3 is 5.97 Å². The minimum absolute atomic E-state index is 0.134. The van der Waals surface area contributed by atoms with Crippen LogP contribution in [-0.4, -0.2) is 33.2 Å². The molecule has 3 aromatic carbocycles. The molecule has 1 atom stereocenters. The number of benzene rings is 3. The van der Waals surface area contributed by atoms with Crippen LogP contribution >= 0.6 is 0 Å². The van der Waals surface area contributed by atoms with Crippen molar-refractivity contribution >= 4 is 17.6 Å². The van der Waals surface area contributed by atoms with Crippen LogP contribution in [0.4, 0.5) is 10.1 Å². The number of ether oxygens (including phenoxy) is 3. The second-order valence-corrected chi connectivity index (χ2v) is 7.34. The van der Waals surface area contributed by atoms with Gasteiger partial charge in [0.25, 0.3) is 0 Å². The van der Waals surface area contributed by atoms with Crippen LogP contribution in [0.3, 0.4) is 0 Å². The smallest absolute Gasteiger partial charge is 0.337 e. The number of carbonyl (C=O) groups excluding carboxylic acids is 2. The Bertz CT molecular complexity index is 1160. The highest BCUT2D eigenvalue weighted by atomic mass is 19.1. The van der Waals surface area contributed by atoms with E-state index in [4.69, 9.17) is 14.2 Å². The summed E-state index contributed by atoms with van der Waals surface area (Å²) in [4.78, 5) is 26.8. The average Bonchev–Trinajstić information content (AvgIpc) is 2.82. The van der Waals surface area contributed by atoms with Gasteiger partial charge in [0.1, 0.15) is 5.82 Å². The quantitative estimate of drug-likeness (QED) is 0.559. The molecular weight excluding hydrogens is 413 g/mol. The van der Waals surface area contributed by atoms with Crippen LogP contribution in [0.2, 0.25) is 0 Å². The lowest BCUT2D eigenvalue weighted by molar-refractivity contribution is -0.118. The lowest BCUT2D eigenvalue weighted by atomic mass is 9.86. The van der Waals surface area contributed by atoms with Gasteiger partial charge in [0.05, 0.1) is 39.4 Å². The Hall–Kier alpha value is -3.87. The third-order valence-corrected chi connectivity index (χ3v) is 5.56. The lowest BCUT2D eigenvalue weighted by Crippen LogP contribution is -2.41. The van der Waals surface area contributed by atoms with E-state index < -0.39 is 12.0 Å². The highest BCUT2D eigenvalue weighted by Gasteiger charge is 2.36. The largest absolute Gasteiger partial charge is 0.493 e. The number of hydrogen-bond donors (Lipinski definition) is 0. The van der Waals surface area contributed by atoms with Crippen LogP contribution in [0.1, 0.15) is 33.1 Å². The molecule has 32 heavy (non-hydrogen) atoms. The van der Waals surface area contributed by atoms with Gasteiger partial charge in [-0.25, -0.2) is 9.18 Å². The van der Waals surface area contributed by atoms with Crippen LogP contribution in [-0.2, 0) is 16.0 Å². The summed E-state index contributed by atoms with van der Waals surface area (Å²) in [5.74, 6) is 0.113. The summed E-state index contributed by atoms with van der Waals surface area (Å²) < 4.78 is 29.3. The molecule has 4 rings (SSSR count). The predicted octanol–water partition coefficient (Wildman–Crippen LogP) is 4.31. The molecule has 0 saturated heterocycles. The fourth-order valence-electron chi connectivity index (χ4n) is 4.02. The molecule has 0 fully saturated rings. The predicted molar refractivity (Wildman–Crippen MR) is 117 cm³/mol. The summed E-state index contributed by atoms with van der Waals surface area (Å²) in [6.07, 6.45) is 0.159. The molecule has 1 aliphatic heterocycles. The van der Waals surface area contributed by atoms with Gasteiger partial charge in [-0.05, 0) is 65.2 Å². The first-order chi connectivity index (χ1) is 15.5. The molecule has 0 bridgehead atoms. The van der Waals surface area contributed by atoms with Crippen molar-refractivity contribution in [3.8, 4) is 11.5 Å². The van der Waals surface area contributed by atoms with Crippen molar-refractivity contribution in [3.63, 3.8) is 0 Å². The summed E-state index contributed by atoms with van der Waals surface area (Å²) in [5.41, 5.74) is 3.39. The van der Waals surface area contributed by atoms with E-state index in [-0.39, 0.29) is 18.1 Å². The van der Waals surface area contributed by atoms with Crippen molar-refractivity contribution in [3.05, 3.63) is 88.7 Å². The van der Waals surface area contributed by atoms with Gasteiger partial charge < -0.3 is 19.1 Å². The first-order valence-corrected chi connectivity index (χ1v) is 9.97. The van der Waals surface area contributed by atoms with Crippen LogP contribution in [0.25, 0.3) is 0 Å². The topological polar surface area (TPSA) is 65.1 Å². The van der Waals surface area contributed by atoms with Gasteiger partial charge in [-0.1, -0.05) is 12.1 Å². The molecule has 3 aromatic rings. The van der Waals surface area contributed by atoms with Crippen molar-refractivity contribution < 1.29 is 28.2 Å². The monoisotopic (exact) mass is 435 g/mol. The number of hydrogen-bond acceptors (Lipinski definition) is 5. The van der Waals surface area contributed by atoms with Gasteiger partial charge in [-0.2, -0.15) is 0 Å². The van der Waals surface area contributed by atoms with E-state index in [1.54, 1.807) is 61.6 Å². The molecule has 0 radical (unpaired) electrons. The Morgan fingerprint density at radius 2 is 1.56 bits per heavy atom. The number of carbonyl (C=O) groups is 2. The molecule has 164 valence electrons. The van der Waals surface area contributed by atoms with Crippen LogP contribution in [0, 0.1) is 5.82 Å². The number of amides is 1. The second kappa shape index (κ2) is 8.70. The molecule has 1 heterocycles. The first kappa shape index (κ1) is 21.4. The van der Waals surface area contributed by atoms with Crippen molar-refractivity contribution in [1.82, 2.24) is 0 Å². The van der Waals surface area contributed by atoms with E-state index in [9.17, 15) is 14.0 Å². The zero-order valence-corrected chi connectivity index (χ0v) is 17.9. The van der Waals surface area contributed by atoms with Gasteiger partial charge in [-0.15, -0.1) is 0 Å². The molecule has 0 aliphatic carbocycles. The first-order valence-electron chi connectivity index (χ1n) is 9.97. The average molecular weight is 435 g/mol. The van der Waals surface area contributed by atoms with Crippen molar-refractivity contribution in [1.29, 1.82) is 0 Å².